The van der Waals surface area contributed by atoms with Crippen LogP contribution in [0, 0.1) is 0 Å². The van der Waals surface area contributed by atoms with Crippen LogP contribution in [0.5, 0.6) is 17.2 Å². The van der Waals surface area contributed by atoms with E-state index in [4.69, 9.17) is 0 Å². The molecule has 3 rings (SSSR count). The molecular formula is C20H15KO3-2. The minimum atomic E-state index is -0.560. The van der Waals surface area contributed by atoms with E-state index in [1.807, 2.05) is 6.92 Å². The maximum atomic E-state index is 11.4. The van der Waals surface area contributed by atoms with Gasteiger partial charge in [-0.05, 0) is 23.6 Å². The average molecular weight is 342 g/mol. The number of hydrogen-bond donors (Lipinski definition) is 0. The second kappa shape index (κ2) is 7.72. The third-order valence-corrected chi connectivity index (χ3v) is 4.29. The summed E-state index contributed by atoms with van der Waals surface area (Å²) in [7, 11) is 0. The number of hydrogen-bond acceptors (Lipinski definition) is 3. The predicted octanol–water partition coefficient (Wildman–Crippen LogP) is -0.734. The summed E-state index contributed by atoms with van der Waals surface area (Å²) in [6.45, 7) is 2.02. The zero-order valence-electron chi connectivity index (χ0n) is 13.7. The molecule has 0 spiro atoms. The van der Waals surface area contributed by atoms with Gasteiger partial charge in [-0.3, -0.25) is 0 Å². The summed E-state index contributed by atoms with van der Waals surface area (Å²) in [4.78, 5) is 0. The molecule has 0 saturated heterocycles. The van der Waals surface area contributed by atoms with Gasteiger partial charge >= 0.3 is 51.4 Å². The summed E-state index contributed by atoms with van der Waals surface area (Å²) in [5.41, 5.74) is 2.22. The van der Waals surface area contributed by atoms with Crippen molar-refractivity contribution in [2.24, 2.45) is 0 Å². The predicted molar refractivity (Wildman–Crippen MR) is 83.2 cm³/mol. The molecule has 0 N–H and O–H groups in total. The molecule has 0 bridgehead atoms. The van der Waals surface area contributed by atoms with Gasteiger partial charge in [0.1, 0.15) is 0 Å². The normalized spacial score (nSPS) is 10.9. The van der Waals surface area contributed by atoms with Gasteiger partial charge in [0.15, 0.2) is 0 Å². The molecule has 0 amide bonds. The minimum Gasteiger partial charge on any atom is -0.872 e. The Labute approximate surface area is 184 Å². The van der Waals surface area contributed by atoms with Crippen molar-refractivity contribution in [2.45, 2.75) is 12.3 Å². The first-order valence-corrected chi connectivity index (χ1v) is 7.33. The van der Waals surface area contributed by atoms with Crippen molar-refractivity contribution in [3.05, 3.63) is 89.5 Å². The maximum absolute atomic E-state index is 11.4. The molecule has 0 aliphatic heterocycles. The Morgan fingerprint density at radius 1 is 0.500 bits per heavy atom. The zero-order valence-corrected chi connectivity index (χ0v) is 16.8. The summed E-state index contributed by atoms with van der Waals surface area (Å²) in [6.07, 6.45) is 0. The first-order chi connectivity index (χ1) is 11.0. The van der Waals surface area contributed by atoms with Gasteiger partial charge in [0, 0.05) is 5.41 Å². The van der Waals surface area contributed by atoms with Crippen molar-refractivity contribution in [3.8, 4) is 17.2 Å². The van der Waals surface area contributed by atoms with Crippen LogP contribution < -0.4 is 66.7 Å². The van der Waals surface area contributed by atoms with E-state index in [1.54, 1.807) is 36.4 Å². The molecule has 0 aromatic heterocycles. The third-order valence-electron chi connectivity index (χ3n) is 4.29. The maximum Gasteiger partial charge on any atom is 1.00 e. The molecule has 3 aromatic rings. The quantitative estimate of drug-likeness (QED) is 0.465. The fourth-order valence-electron chi connectivity index (χ4n) is 2.86. The van der Waals surface area contributed by atoms with Crippen molar-refractivity contribution in [1.82, 2.24) is 0 Å². The van der Waals surface area contributed by atoms with Crippen LogP contribution >= 0.6 is 0 Å². The van der Waals surface area contributed by atoms with Crippen LogP contribution in [0.25, 0.3) is 0 Å². The average Bonchev–Trinajstić information content (AvgIpc) is 2.56. The molecule has 0 saturated carbocycles. The molecule has 0 aliphatic rings. The monoisotopic (exact) mass is 342 g/mol. The van der Waals surface area contributed by atoms with Gasteiger partial charge in [0.2, 0.25) is 0 Å². The molecule has 4 heteroatoms. The van der Waals surface area contributed by atoms with Gasteiger partial charge in [-0.15, -0.1) is 17.2 Å². The Balaban J connectivity index is 0.00000208. The zero-order chi connectivity index (χ0) is 16.4. The van der Waals surface area contributed by atoms with Gasteiger partial charge in [-0.1, -0.05) is 72.8 Å². The second-order valence-electron chi connectivity index (χ2n) is 5.70. The summed E-state index contributed by atoms with van der Waals surface area (Å²) >= 11 is 0. The standard InChI is InChI=1S/C20H18O3.K/c1-20(14-2-8-17(21)9-3-14,15-4-10-18(22)11-5-15)16-6-12-19(23)13-7-16;/h2-13,21-23H,1H3;/q;+1/p-3. The smallest absolute Gasteiger partial charge is 0.872 e. The van der Waals surface area contributed by atoms with Gasteiger partial charge in [0.05, 0.1) is 0 Å². The molecule has 116 valence electrons. The molecule has 0 fully saturated rings. The van der Waals surface area contributed by atoms with Crippen molar-refractivity contribution in [2.75, 3.05) is 0 Å². The van der Waals surface area contributed by atoms with Crippen LogP contribution in [-0.2, 0) is 5.41 Å². The van der Waals surface area contributed by atoms with Crippen LogP contribution in [0.1, 0.15) is 23.6 Å². The van der Waals surface area contributed by atoms with Gasteiger partial charge in [0.25, 0.3) is 0 Å². The fourth-order valence-corrected chi connectivity index (χ4v) is 2.86. The van der Waals surface area contributed by atoms with E-state index in [0.29, 0.717) is 0 Å². The summed E-state index contributed by atoms with van der Waals surface area (Å²) < 4.78 is 0. The molecule has 0 heterocycles. The van der Waals surface area contributed by atoms with Gasteiger partial charge in [-0.25, -0.2) is 0 Å². The molecule has 0 atom stereocenters. The van der Waals surface area contributed by atoms with Crippen molar-refractivity contribution >= 4 is 0 Å². The Bertz CT molecular complexity index is 683. The molecule has 0 aliphatic carbocycles. The van der Waals surface area contributed by atoms with Crippen LogP contribution in [0.4, 0.5) is 0 Å². The number of rotatable bonds is 3. The second-order valence-corrected chi connectivity index (χ2v) is 5.70. The molecular weight excluding hydrogens is 327 g/mol. The SMILES string of the molecule is CC(c1ccc([O-])cc1)(c1ccc([O-])cc1)c1ccc([O-])cc1.[K+]. The molecule has 3 nitrogen and oxygen atoms in total. The summed E-state index contributed by atoms with van der Waals surface area (Å²) in [6, 6.07) is 19.9. The Hall–Kier alpha value is -1.30. The Kier molecular flexibility index (Phi) is 6.12. The van der Waals surface area contributed by atoms with E-state index >= 15 is 0 Å². The largest absolute Gasteiger partial charge is 1.00 e. The van der Waals surface area contributed by atoms with E-state index in [1.165, 1.54) is 36.4 Å². The molecule has 3 aromatic carbocycles. The number of benzene rings is 3. The first kappa shape index (κ1) is 19.0. The molecule has 24 heavy (non-hydrogen) atoms. The van der Waals surface area contributed by atoms with E-state index in [-0.39, 0.29) is 68.6 Å². The van der Waals surface area contributed by atoms with Crippen LogP contribution in [0.3, 0.4) is 0 Å². The summed E-state index contributed by atoms with van der Waals surface area (Å²) in [5.74, 6) is -0.164. The van der Waals surface area contributed by atoms with Gasteiger partial charge < -0.3 is 15.3 Å². The minimum absolute atomic E-state index is 0. The topological polar surface area (TPSA) is 69.2 Å². The Morgan fingerprint density at radius 2 is 0.708 bits per heavy atom. The fraction of sp³-hybridized carbons (Fsp3) is 0.100. The molecule has 0 unspecified atom stereocenters. The van der Waals surface area contributed by atoms with Crippen molar-refractivity contribution in [1.29, 1.82) is 0 Å². The third kappa shape index (κ3) is 3.68. The van der Waals surface area contributed by atoms with Crippen molar-refractivity contribution in [3.63, 3.8) is 0 Å². The van der Waals surface area contributed by atoms with E-state index in [9.17, 15) is 15.3 Å². The summed E-state index contributed by atoms with van der Waals surface area (Å²) in [5, 5.41) is 34.3. The van der Waals surface area contributed by atoms with E-state index < -0.39 is 5.41 Å². The first-order valence-electron chi connectivity index (χ1n) is 7.33. The Morgan fingerprint density at radius 3 is 0.917 bits per heavy atom. The van der Waals surface area contributed by atoms with Crippen LogP contribution in [0.2, 0.25) is 0 Å². The van der Waals surface area contributed by atoms with Gasteiger partial charge in [-0.2, -0.15) is 0 Å². The van der Waals surface area contributed by atoms with E-state index in [0.717, 1.165) is 16.7 Å². The molecule has 0 radical (unpaired) electrons. The van der Waals surface area contributed by atoms with Crippen LogP contribution in [-0.4, -0.2) is 0 Å². The van der Waals surface area contributed by atoms with E-state index in [2.05, 4.69) is 0 Å². The van der Waals surface area contributed by atoms with Crippen LogP contribution in [0.15, 0.2) is 72.8 Å². The van der Waals surface area contributed by atoms with Crippen molar-refractivity contribution < 1.29 is 66.7 Å².